The van der Waals surface area contributed by atoms with Crippen LogP contribution in [0.3, 0.4) is 0 Å². The molecule has 2 aliphatic carbocycles. The first-order valence-corrected chi connectivity index (χ1v) is 11.8. The first-order chi connectivity index (χ1) is 15.1. The van der Waals surface area contributed by atoms with E-state index in [0.29, 0.717) is 17.9 Å². The van der Waals surface area contributed by atoms with Gasteiger partial charge in [-0.2, -0.15) is 0 Å². The SMILES string of the molecule is CN(C)c1ccc(C2Nc3c(C(=O)NC4CCCCC4)cccc3C3C=CCC32)cc1. The molecule has 1 aliphatic heterocycles. The molecule has 2 aromatic rings. The second-order valence-electron chi connectivity index (χ2n) is 9.54. The van der Waals surface area contributed by atoms with E-state index >= 15 is 0 Å². The van der Waals surface area contributed by atoms with E-state index in [1.165, 1.54) is 36.1 Å². The largest absolute Gasteiger partial charge is 0.378 e. The minimum absolute atomic E-state index is 0.0679. The smallest absolute Gasteiger partial charge is 0.253 e. The lowest BCUT2D eigenvalue weighted by molar-refractivity contribution is 0.0928. The normalized spacial score (nSPS) is 24.8. The number of para-hydroxylation sites is 1. The maximum Gasteiger partial charge on any atom is 0.253 e. The number of carbonyl (C=O) groups is 1. The van der Waals surface area contributed by atoms with Gasteiger partial charge in [0.1, 0.15) is 0 Å². The van der Waals surface area contributed by atoms with Gasteiger partial charge in [0.05, 0.1) is 17.3 Å². The van der Waals surface area contributed by atoms with E-state index < -0.39 is 0 Å². The fourth-order valence-corrected chi connectivity index (χ4v) is 5.63. The molecule has 0 radical (unpaired) electrons. The molecule has 2 N–H and O–H groups in total. The predicted octanol–water partition coefficient (Wildman–Crippen LogP) is 5.64. The molecule has 0 aromatic heterocycles. The van der Waals surface area contributed by atoms with Crippen molar-refractivity contribution in [2.45, 2.75) is 56.5 Å². The van der Waals surface area contributed by atoms with E-state index in [0.717, 1.165) is 30.5 Å². The van der Waals surface area contributed by atoms with Crippen molar-refractivity contribution in [3.05, 3.63) is 71.3 Å². The van der Waals surface area contributed by atoms with Gasteiger partial charge in [0.2, 0.25) is 0 Å². The van der Waals surface area contributed by atoms with E-state index in [2.05, 4.69) is 72.1 Å². The van der Waals surface area contributed by atoms with Crippen LogP contribution in [-0.4, -0.2) is 26.0 Å². The van der Waals surface area contributed by atoms with Crippen molar-refractivity contribution in [3.8, 4) is 0 Å². The molecule has 162 valence electrons. The molecule has 4 heteroatoms. The maximum absolute atomic E-state index is 13.3. The highest BCUT2D eigenvalue weighted by Gasteiger charge is 2.39. The summed E-state index contributed by atoms with van der Waals surface area (Å²) < 4.78 is 0. The standard InChI is InChI=1S/C27H33N3O/c1-30(2)20-16-14-18(15-17-20)25-22-11-6-10-21(22)23-12-7-13-24(26(23)29-25)27(31)28-19-8-4-3-5-9-19/h6-7,10,12-17,19,21-22,25,29H,3-5,8-9,11H2,1-2H3,(H,28,31). The summed E-state index contributed by atoms with van der Waals surface area (Å²) in [6.07, 6.45) is 11.6. The number of benzene rings is 2. The predicted molar refractivity (Wildman–Crippen MR) is 128 cm³/mol. The lowest BCUT2D eigenvalue weighted by atomic mass is 9.76. The molecular weight excluding hydrogens is 382 g/mol. The quantitative estimate of drug-likeness (QED) is 0.635. The molecule has 2 aromatic carbocycles. The fourth-order valence-electron chi connectivity index (χ4n) is 5.63. The van der Waals surface area contributed by atoms with Gasteiger partial charge in [0.15, 0.2) is 0 Å². The molecule has 0 bridgehead atoms. The molecule has 31 heavy (non-hydrogen) atoms. The molecule has 0 saturated heterocycles. The highest BCUT2D eigenvalue weighted by molar-refractivity contribution is 6.01. The zero-order chi connectivity index (χ0) is 21.4. The molecule has 1 fully saturated rings. The van der Waals surface area contributed by atoms with Gasteiger partial charge in [-0.15, -0.1) is 0 Å². The van der Waals surface area contributed by atoms with Gasteiger partial charge in [-0.05, 0) is 54.5 Å². The number of rotatable bonds is 4. The average molecular weight is 416 g/mol. The Morgan fingerprint density at radius 2 is 1.81 bits per heavy atom. The molecule has 4 nitrogen and oxygen atoms in total. The molecular formula is C27H33N3O. The number of amides is 1. The van der Waals surface area contributed by atoms with E-state index in [1.54, 1.807) is 0 Å². The number of hydrogen-bond acceptors (Lipinski definition) is 3. The zero-order valence-corrected chi connectivity index (χ0v) is 18.6. The Kier molecular flexibility index (Phi) is 5.47. The molecule has 1 heterocycles. The van der Waals surface area contributed by atoms with Crippen molar-refractivity contribution < 1.29 is 4.79 Å². The van der Waals surface area contributed by atoms with Crippen LogP contribution >= 0.6 is 0 Å². The third-order valence-corrected chi connectivity index (χ3v) is 7.35. The van der Waals surface area contributed by atoms with Crippen LogP contribution in [0.15, 0.2) is 54.6 Å². The number of nitrogens with one attached hydrogen (secondary N) is 2. The number of nitrogens with zero attached hydrogens (tertiary/aromatic N) is 1. The summed E-state index contributed by atoms with van der Waals surface area (Å²) in [5.74, 6) is 0.907. The summed E-state index contributed by atoms with van der Waals surface area (Å²) in [5, 5.41) is 7.12. The summed E-state index contributed by atoms with van der Waals surface area (Å²) in [6.45, 7) is 0. The monoisotopic (exact) mass is 415 g/mol. The third-order valence-electron chi connectivity index (χ3n) is 7.35. The lowest BCUT2D eigenvalue weighted by Gasteiger charge is -2.38. The minimum Gasteiger partial charge on any atom is -0.378 e. The van der Waals surface area contributed by atoms with Gasteiger partial charge in [-0.25, -0.2) is 0 Å². The van der Waals surface area contributed by atoms with Crippen LogP contribution < -0.4 is 15.5 Å². The van der Waals surface area contributed by atoms with Crippen LogP contribution in [0.5, 0.6) is 0 Å². The Morgan fingerprint density at radius 3 is 2.55 bits per heavy atom. The number of allylic oxidation sites excluding steroid dienone is 2. The number of carbonyl (C=O) groups excluding carboxylic acids is 1. The summed E-state index contributed by atoms with van der Waals surface area (Å²) >= 11 is 0. The molecule has 3 atom stereocenters. The van der Waals surface area contributed by atoms with Gasteiger partial charge in [-0.1, -0.05) is 55.7 Å². The minimum atomic E-state index is 0.0679. The summed E-state index contributed by atoms with van der Waals surface area (Å²) in [4.78, 5) is 15.4. The molecule has 0 spiro atoms. The second-order valence-corrected chi connectivity index (χ2v) is 9.54. The van der Waals surface area contributed by atoms with Crippen molar-refractivity contribution in [1.29, 1.82) is 0 Å². The Labute approximate surface area is 185 Å². The van der Waals surface area contributed by atoms with E-state index in [4.69, 9.17) is 0 Å². The maximum atomic E-state index is 13.3. The van der Waals surface area contributed by atoms with E-state index in [1.807, 2.05) is 12.1 Å². The summed E-state index contributed by atoms with van der Waals surface area (Å²) in [7, 11) is 4.14. The van der Waals surface area contributed by atoms with Gasteiger partial charge >= 0.3 is 0 Å². The molecule has 3 aliphatic rings. The van der Waals surface area contributed by atoms with Crippen molar-refractivity contribution in [2.75, 3.05) is 24.3 Å². The van der Waals surface area contributed by atoms with Crippen molar-refractivity contribution >= 4 is 17.3 Å². The topological polar surface area (TPSA) is 44.4 Å². The summed E-state index contributed by atoms with van der Waals surface area (Å²) in [6, 6.07) is 15.6. The van der Waals surface area contributed by atoms with Crippen molar-refractivity contribution in [1.82, 2.24) is 5.32 Å². The molecule has 3 unspecified atom stereocenters. The first-order valence-electron chi connectivity index (χ1n) is 11.8. The van der Waals surface area contributed by atoms with E-state index in [-0.39, 0.29) is 11.9 Å². The summed E-state index contributed by atoms with van der Waals surface area (Å²) in [5.41, 5.74) is 5.56. The Morgan fingerprint density at radius 1 is 1.03 bits per heavy atom. The van der Waals surface area contributed by atoms with Crippen LogP contribution in [0.1, 0.15) is 72.0 Å². The lowest BCUT2D eigenvalue weighted by Crippen LogP contribution is -2.37. The highest BCUT2D eigenvalue weighted by atomic mass is 16.1. The number of fused-ring (bicyclic) bond motifs is 3. The Balaban J connectivity index is 1.46. The van der Waals surface area contributed by atoms with E-state index in [9.17, 15) is 4.79 Å². The molecule has 1 saturated carbocycles. The molecule has 5 rings (SSSR count). The van der Waals surface area contributed by atoms with Crippen LogP contribution in [0, 0.1) is 5.92 Å². The zero-order valence-electron chi connectivity index (χ0n) is 18.6. The first kappa shape index (κ1) is 20.2. The van der Waals surface area contributed by atoms with Gasteiger partial charge < -0.3 is 15.5 Å². The number of anilines is 2. The van der Waals surface area contributed by atoms with Crippen LogP contribution in [-0.2, 0) is 0 Å². The van der Waals surface area contributed by atoms with Gasteiger partial charge in [0, 0.05) is 31.7 Å². The van der Waals surface area contributed by atoms with Crippen LogP contribution in [0.4, 0.5) is 11.4 Å². The van der Waals surface area contributed by atoms with Crippen LogP contribution in [0.2, 0.25) is 0 Å². The fraction of sp³-hybridized carbons (Fsp3) is 0.444. The average Bonchev–Trinajstić information content (AvgIpc) is 3.29. The Bertz CT molecular complexity index is 972. The van der Waals surface area contributed by atoms with Crippen molar-refractivity contribution in [2.24, 2.45) is 5.92 Å². The van der Waals surface area contributed by atoms with Gasteiger partial charge in [0.25, 0.3) is 5.91 Å². The number of hydrogen-bond donors (Lipinski definition) is 2. The van der Waals surface area contributed by atoms with Gasteiger partial charge in [-0.3, -0.25) is 4.79 Å². The van der Waals surface area contributed by atoms with Crippen LogP contribution in [0.25, 0.3) is 0 Å². The second kappa shape index (κ2) is 8.41. The third kappa shape index (κ3) is 3.84. The van der Waals surface area contributed by atoms with Crippen molar-refractivity contribution in [3.63, 3.8) is 0 Å². The highest BCUT2D eigenvalue weighted by Crippen LogP contribution is 2.50. The Hall–Kier alpha value is -2.75. The molecule has 1 amide bonds.